The number of hydrogen-bond acceptors (Lipinski definition) is 10. The van der Waals surface area contributed by atoms with Gasteiger partial charge in [0.2, 0.25) is 5.95 Å². The minimum absolute atomic E-state index is 0.0416. The van der Waals surface area contributed by atoms with Crippen LogP contribution in [0.25, 0.3) is 11.3 Å². The number of aryl methyl sites for hydroxylation is 2. The second-order valence-electron chi connectivity index (χ2n) is 13.3. The lowest BCUT2D eigenvalue weighted by Gasteiger charge is -2.09. The predicted octanol–water partition coefficient (Wildman–Crippen LogP) is 8.48. The molecule has 0 aliphatic rings. The lowest BCUT2D eigenvalue weighted by Crippen LogP contribution is -2.12. The maximum absolute atomic E-state index is 12.5. The van der Waals surface area contributed by atoms with Gasteiger partial charge in [-0.25, -0.2) is 9.97 Å². The van der Waals surface area contributed by atoms with Crippen molar-refractivity contribution in [2.24, 2.45) is 0 Å². The Kier molecular flexibility index (Phi) is 14.1. The van der Waals surface area contributed by atoms with Crippen molar-refractivity contribution >= 4 is 35.0 Å². The fraction of sp³-hybridized carbons (Fsp3) is 0.128. The third-order valence-corrected chi connectivity index (χ3v) is 9.10. The molecule has 7 aromatic rings. The molecular weight excluding hydrogens is 727 g/mol. The average Bonchev–Trinajstić information content (AvgIpc) is 3.27. The maximum atomic E-state index is 12.5. The third-order valence-electron chi connectivity index (χ3n) is 9.10. The number of carbonyl (C=O) groups excluding carboxylic acids is 3. The Labute approximate surface area is 337 Å². The number of pyridine rings is 2. The zero-order valence-electron chi connectivity index (χ0n) is 32.0. The summed E-state index contributed by atoms with van der Waals surface area (Å²) in [5, 5.41) is 6.13. The number of ether oxygens (including phenoxy) is 1. The minimum Gasteiger partial charge on any atom is -0.461 e. The van der Waals surface area contributed by atoms with E-state index in [9.17, 15) is 14.4 Å². The van der Waals surface area contributed by atoms with Crippen molar-refractivity contribution in [2.75, 3.05) is 16.4 Å². The van der Waals surface area contributed by atoms with Gasteiger partial charge < -0.3 is 21.1 Å². The summed E-state index contributed by atoms with van der Waals surface area (Å²) in [6, 6.07) is 39.2. The van der Waals surface area contributed by atoms with Gasteiger partial charge in [-0.2, -0.15) is 0 Å². The van der Waals surface area contributed by atoms with Gasteiger partial charge in [0.1, 0.15) is 6.61 Å². The number of carbonyl (C=O) groups is 3. The van der Waals surface area contributed by atoms with Crippen molar-refractivity contribution in [2.45, 2.75) is 39.3 Å². The summed E-state index contributed by atoms with van der Waals surface area (Å²) in [6.07, 6.45) is 9.71. The number of para-hydroxylation sites is 2. The molecule has 58 heavy (non-hydrogen) atoms. The van der Waals surface area contributed by atoms with Gasteiger partial charge >= 0.3 is 5.97 Å². The summed E-state index contributed by atoms with van der Waals surface area (Å²) in [4.78, 5) is 53.7. The number of benzene rings is 4. The van der Waals surface area contributed by atoms with E-state index in [1.807, 2.05) is 116 Å². The molecule has 0 aliphatic carbocycles. The molecule has 1 amide bonds. The first-order chi connectivity index (χ1) is 28.3. The van der Waals surface area contributed by atoms with Crippen LogP contribution in [0.2, 0.25) is 0 Å². The van der Waals surface area contributed by atoms with Crippen molar-refractivity contribution in [3.63, 3.8) is 0 Å². The third kappa shape index (κ3) is 12.0. The molecule has 0 spiro atoms. The molecule has 0 saturated carbocycles. The van der Waals surface area contributed by atoms with Crippen LogP contribution in [0.15, 0.2) is 158 Å². The van der Waals surface area contributed by atoms with Crippen LogP contribution in [0.4, 0.5) is 17.3 Å². The Morgan fingerprint density at radius 1 is 0.690 bits per heavy atom. The molecule has 0 fully saturated rings. The van der Waals surface area contributed by atoms with Crippen molar-refractivity contribution in [3.05, 3.63) is 197 Å². The van der Waals surface area contributed by atoms with E-state index in [1.54, 1.807) is 49.2 Å². The van der Waals surface area contributed by atoms with Gasteiger partial charge in [-0.3, -0.25) is 24.4 Å². The van der Waals surface area contributed by atoms with Crippen LogP contribution in [0, 0.1) is 6.92 Å². The van der Waals surface area contributed by atoms with E-state index < -0.39 is 0 Å². The number of amides is 1. The highest BCUT2D eigenvalue weighted by Gasteiger charge is 2.11. The van der Waals surface area contributed by atoms with Crippen LogP contribution < -0.4 is 16.4 Å². The zero-order valence-corrected chi connectivity index (χ0v) is 32.0. The van der Waals surface area contributed by atoms with E-state index in [2.05, 4.69) is 30.6 Å². The topological polar surface area (TPSA) is 162 Å². The highest BCUT2D eigenvalue weighted by Crippen LogP contribution is 2.19. The SMILES string of the molecule is Cc1ccccc1NC(=O)c1ccc(CCC(=O)OCc2cccnc2)cc1.Nc1ccccc1CC(=O)c1ccc(CNc2nccc(-c3cccnc3)n2)cc1. The van der Waals surface area contributed by atoms with Crippen LogP contribution in [-0.2, 0) is 35.5 Å². The number of aromatic nitrogens is 4. The number of hydrogen-bond donors (Lipinski definition) is 3. The second kappa shape index (κ2) is 20.4. The first-order valence-electron chi connectivity index (χ1n) is 18.7. The Balaban J connectivity index is 0.000000196. The summed E-state index contributed by atoms with van der Waals surface area (Å²) in [5.74, 6) is 0.165. The Morgan fingerprint density at radius 3 is 2.12 bits per heavy atom. The Hall–Kier alpha value is -7.53. The summed E-state index contributed by atoms with van der Waals surface area (Å²) >= 11 is 0. The summed E-state index contributed by atoms with van der Waals surface area (Å²) in [5.41, 5.74) is 15.1. The van der Waals surface area contributed by atoms with Gasteiger partial charge in [-0.05, 0) is 84.1 Å². The van der Waals surface area contributed by atoms with Crippen molar-refractivity contribution in [1.82, 2.24) is 19.9 Å². The van der Waals surface area contributed by atoms with E-state index >= 15 is 0 Å². The fourth-order valence-corrected chi connectivity index (χ4v) is 5.78. The zero-order chi connectivity index (χ0) is 40.5. The van der Waals surface area contributed by atoms with Crippen molar-refractivity contribution in [3.8, 4) is 11.3 Å². The van der Waals surface area contributed by atoms with Crippen LogP contribution in [0.1, 0.15) is 55.0 Å². The van der Waals surface area contributed by atoms with E-state index in [-0.39, 0.29) is 30.7 Å². The van der Waals surface area contributed by atoms with Gasteiger partial charge in [-0.1, -0.05) is 78.9 Å². The van der Waals surface area contributed by atoms with Gasteiger partial charge in [0, 0.05) is 84.0 Å². The first kappa shape index (κ1) is 40.1. The molecule has 0 unspecified atom stereocenters. The minimum atomic E-state index is -0.259. The number of nitrogen functional groups attached to an aromatic ring is 1. The molecule has 4 N–H and O–H groups in total. The van der Waals surface area contributed by atoms with Crippen LogP contribution in [0.3, 0.4) is 0 Å². The fourth-order valence-electron chi connectivity index (χ4n) is 5.78. The molecule has 7 rings (SSSR count). The number of anilines is 3. The van der Waals surface area contributed by atoms with Gasteiger partial charge in [0.05, 0.1) is 5.69 Å². The first-order valence-corrected chi connectivity index (χ1v) is 18.7. The summed E-state index contributed by atoms with van der Waals surface area (Å²) in [7, 11) is 0. The maximum Gasteiger partial charge on any atom is 0.306 e. The van der Waals surface area contributed by atoms with Gasteiger partial charge in [0.25, 0.3) is 5.91 Å². The average molecular weight is 770 g/mol. The van der Waals surface area contributed by atoms with E-state index in [0.29, 0.717) is 42.1 Å². The molecule has 3 heterocycles. The van der Waals surface area contributed by atoms with Crippen LogP contribution in [0.5, 0.6) is 0 Å². The quantitative estimate of drug-likeness (QED) is 0.0556. The highest BCUT2D eigenvalue weighted by molar-refractivity contribution is 6.04. The lowest BCUT2D eigenvalue weighted by molar-refractivity contribution is -0.144. The van der Waals surface area contributed by atoms with Gasteiger partial charge in [-0.15, -0.1) is 0 Å². The van der Waals surface area contributed by atoms with Crippen LogP contribution >= 0.6 is 0 Å². The number of Topliss-reactive ketones (excluding diaryl/α,β-unsaturated/α-hetero) is 1. The Morgan fingerprint density at radius 2 is 1.40 bits per heavy atom. The molecule has 0 radical (unpaired) electrons. The number of nitrogens with zero attached hydrogens (tertiary/aromatic N) is 4. The van der Waals surface area contributed by atoms with Gasteiger partial charge in [0.15, 0.2) is 5.78 Å². The summed E-state index contributed by atoms with van der Waals surface area (Å²) < 4.78 is 5.25. The number of esters is 1. The second-order valence-corrected chi connectivity index (χ2v) is 13.3. The molecule has 0 saturated heterocycles. The largest absolute Gasteiger partial charge is 0.461 e. The molecule has 0 bridgehead atoms. The number of ketones is 1. The smallest absolute Gasteiger partial charge is 0.306 e. The molecule has 11 heteroatoms. The van der Waals surface area contributed by atoms with E-state index in [0.717, 1.165) is 44.8 Å². The van der Waals surface area contributed by atoms with E-state index in [1.165, 1.54) is 0 Å². The van der Waals surface area contributed by atoms with Crippen molar-refractivity contribution in [1.29, 1.82) is 0 Å². The standard InChI is InChI=1S/C24H21N5O.C23H22N2O3/c25-21-6-2-1-4-19(21)14-23(30)18-9-7-17(8-10-18)15-28-24-27-13-11-22(29-24)20-5-3-12-26-16-20;1-17-5-2-3-7-21(17)25-23(27)20-11-8-18(9-12-20)10-13-22(26)28-16-19-6-4-14-24-15-19/h1-13,16H,14-15,25H2,(H,27,28,29);2-9,11-12,14-15H,10,13,16H2,1H3,(H,25,27). The van der Waals surface area contributed by atoms with Crippen molar-refractivity contribution < 1.29 is 19.1 Å². The monoisotopic (exact) mass is 769 g/mol. The number of rotatable bonds is 14. The normalized spacial score (nSPS) is 10.4. The molecular formula is C47H43N7O4. The molecule has 290 valence electrons. The number of nitrogens with one attached hydrogen (secondary N) is 2. The lowest BCUT2D eigenvalue weighted by atomic mass is 10.0. The molecule has 11 nitrogen and oxygen atoms in total. The molecule has 0 aliphatic heterocycles. The highest BCUT2D eigenvalue weighted by atomic mass is 16.5. The molecule has 3 aromatic heterocycles. The van der Waals surface area contributed by atoms with E-state index in [4.69, 9.17) is 10.5 Å². The summed E-state index contributed by atoms with van der Waals surface area (Å²) in [6.45, 7) is 2.73. The predicted molar refractivity (Wildman–Crippen MR) is 226 cm³/mol. The molecule has 4 aromatic carbocycles. The number of nitrogens with two attached hydrogens (primary N) is 1. The van der Waals surface area contributed by atoms with Crippen LogP contribution in [-0.4, -0.2) is 37.6 Å². The Bertz CT molecular complexity index is 2430. The molecule has 0 atom stereocenters.